The molecule has 0 spiro atoms. The lowest BCUT2D eigenvalue weighted by molar-refractivity contribution is -0.121. The minimum absolute atomic E-state index is 0.0528. The molecule has 2 aromatic heterocycles. The van der Waals surface area contributed by atoms with Crippen LogP contribution in [0.4, 0.5) is 5.69 Å². The Morgan fingerprint density at radius 2 is 2.15 bits per heavy atom. The second-order valence-electron chi connectivity index (χ2n) is 6.31. The van der Waals surface area contributed by atoms with E-state index in [0.29, 0.717) is 28.6 Å². The fourth-order valence-corrected chi connectivity index (χ4v) is 4.67. The highest BCUT2D eigenvalue weighted by molar-refractivity contribution is 7.19. The quantitative estimate of drug-likeness (QED) is 0.744. The number of rotatable bonds is 4. The SMILES string of the molecule is CCc1c(C(=O)O)sc2nc(-c3ccc4c(c3)N(CC)C(=O)CO4)c(C)n12. The number of hydrogen-bond donors (Lipinski definition) is 1. The number of imidazole rings is 1. The predicted octanol–water partition coefficient (Wildman–Crippen LogP) is 3.38. The maximum Gasteiger partial charge on any atom is 0.347 e. The standard InChI is InChI=1S/C19H19N3O4S/c1-4-12-17(18(24)25)27-19-20-16(10(3)22(12)19)11-6-7-14-13(8-11)21(5-2)15(23)9-26-14/h6-8H,4-5,9H2,1-3H3,(H,24,25). The van der Waals surface area contributed by atoms with Crippen LogP contribution < -0.4 is 9.64 Å². The van der Waals surface area contributed by atoms with Gasteiger partial charge in [0, 0.05) is 23.5 Å². The number of anilines is 1. The molecule has 3 heterocycles. The van der Waals surface area contributed by atoms with Crippen LogP contribution in [0.2, 0.25) is 0 Å². The monoisotopic (exact) mass is 385 g/mol. The van der Waals surface area contributed by atoms with Gasteiger partial charge in [0.2, 0.25) is 0 Å². The molecule has 4 rings (SSSR count). The number of carbonyl (C=O) groups excluding carboxylic acids is 1. The first-order valence-electron chi connectivity index (χ1n) is 8.77. The van der Waals surface area contributed by atoms with Gasteiger partial charge in [-0.3, -0.25) is 9.20 Å². The third kappa shape index (κ3) is 2.59. The topological polar surface area (TPSA) is 84.1 Å². The van der Waals surface area contributed by atoms with Gasteiger partial charge in [0.1, 0.15) is 10.6 Å². The molecular weight excluding hydrogens is 366 g/mol. The Morgan fingerprint density at radius 3 is 2.81 bits per heavy atom. The summed E-state index contributed by atoms with van der Waals surface area (Å²) in [7, 11) is 0. The first-order valence-corrected chi connectivity index (χ1v) is 9.59. The zero-order valence-electron chi connectivity index (χ0n) is 15.3. The number of ether oxygens (including phenoxy) is 1. The summed E-state index contributed by atoms with van der Waals surface area (Å²) in [5.74, 6) is -0.309. The normalized spacial score (nSPS) is 13.7. The summed E-state index contributed by atoms with van der Waals surface area (Å²) < 4.78 is 7.45. The maximum absolute atomic E-state index is 12.1. The average Bonchev–Trinajstić information content (AvgIpc) is 3.18. The first kappa shape index (κ1) is 17.5. The zero-order valence-corrected chi connectivity index (χ0v) is 16.1. The molecule has 0 fully saturated rings. The number of likely N-dealkylation sites (N-methyl/N-ethyl adjacent to an activating group) is 1. The summed E-state index contributed by atoms with van der Waals surface area (Å²) in [4.78, 5) is 31.0. The summed E-state index contributed by atoms with van der Waals surface area (Å²) >= 11 is 1.18. The molecule has 0 aliphatic carbocycles. The van der Waals surface area contributed by atoms with Crippen molar-refractivity contribution in [2.75, 3.05) is 18.1 Å². The number of aromatic nitrogens is 2. The van der Waals surface area contributed by atoms with E-state index in [4.69, 9.17) is 4.74 Å². The third-order valence-electron chi connectivity index (χ3n) is 4.82. The lowest BCUT2D eigenvalue weighted by Crippen LogP contribution is -2.38. The third-order valence-corrected chi connectivity index (χ3v) is 5.89. The van der Waals surface area contributed by atoms with Crippen molar-refractivity contribution >= 4 is 33.9 Å². The Morgan fingerprint density at radius 1 is 1.37 bits per heavy atom. The van der Waals surface area contributed by atoms with E-state index in [1.807, 2.05) is 43.4 Å². The number of aryl methyl sites for hydroxylation is 2. The van der Waals surface area contributed by atoms with Crippen molar-refractivity contribution in [1.82, 2.24) is 9.38 Å². The molecule has 3 aromatic rings. The van der Waals surface area contributed by atoms with Gasteiger partial charge in [-0.25, -0.2) is 9.78 Å². The van der Waals surface area contributed by atoms with Crippen molar-refractivity contribution in [3.8, 4) is 17.0 Å². The Kier molecular flexibility index (Phi) is 4.15. The predicted molar refractivity (Wildman–Crippen MR) is 103 cm³/mol. The summed E-state index contributed by atoms with van der Waals surface area (Å²) in [6, 6.07) is 5.70. The summed E-state index contributed by atoms with van der Waals surface area (Å²) in [5.41, 5.74) is 4.04. The van der Waals surface area contributed by atoms with E-state index >= 15 is 0 Å². The van der Waals surface area contributed by atoms with Crippen molar-refractivity contribution in [2.45, 2.75) is 27.2 Å². The van der Waals surface area contributed by atoms with Crippen LogP contribution in [0.5, 0.6) is 5.75 Å². The molecule has 0 radical (unpaired) electrons. The molecule has 1 amide bonds. The zero-order chi connectivity index (χ0) is 19.3. The molecule has 0 saturated heterocycles. The Hall–Kier alpha value is -2.87. The molecule has 0 atom stereocenters. The number of carboxylic acid groups (broad SMARTS) is 1. The van der Waals surface area contributed by atoms with Gasteiger partial charge in [0.15, 0.2) is 11.6 Å². The van der Waals surface area contributed by atoms with Crippen LogP contribution in [-0.4, -0.2) is 39.5 Å². The highest BCUT2D eigenvalue weighted by Gasteiger charge is 2.26. The van der Waals surface area contributed by atoms with E-state index in [1.165, 1.54) is 11.3 Å². The number of thiazole rings is 1. The van der Waals surface area contributed by atoms with E-state index in [1.54, 1.807) is 4.90 Å². The Balaban J connectivity index is 1.87. The maximum atomic E-state index is 12.1. The van der Waals surface area contributed by atoms with Gasteiger partial charge in [-0.1, -0.05) is 18.3 Å². The van der Waals surface area contributed by atoms with Gasteiger partial charge in [-0.05, 0) is 38.5 Å². The van der Waals surface area contributed by atoms with Crippen LogP contribution in [0, 0.1) is 6.92 Å². The fourth-order valence-electron chi connectivity index (χ4n) is 3.57. The second-order valence-corrected chi connectivity index (χ2v) is 7.29. The second kappa shape index (κ2) is 6.38. The van der Waals surface area contributed by atoms with Crippen LogP contribution in [-0.2, 0) is 11.2 Å². The minimum Gasteiger partial charge on any atom is -0.482 e. The summed E-state index contributed by atoms with van der Waals surface area (Å²) in [5, 5.41) is 9.42. The molecular formula is C19H19N3O4S. The van der Waals surface area contributed by atoms with Crippen LogP contribution in [0.3, 0.4) is 0 Å². The number of carbonyl (C=O) groups is 2. The van der Waals surface area contributed by atoms with E-state index in [-0.39, 0.29) is 12.5 Å². The number of carboxylic acids is 1. The number of benzene rings is 1. The molecule has 8 heteroatoms. The van der Waals surface area contributed by atoms with Gasteiger partial charge in [-0.15, -0.1) is 0 Å². The molecule has 1 aromatic carbocycles. The molecule has 1 aliphatic rings. The Bertz CT molecular complexity index is 1080. The van der Waals surface area contributed by atoms with Crippen molar-refractivity contribution < 1.29 is 19.4 Å². The van der Waals surface area contributed by atoms with Crippen LogP contribution >= 0.6 is 11.3 Å². The summed E-state index contributed by atoms with van der Waals surface area (Å²) in [6.45, 7) is 6.42. The van der Waals surface area contributed by atoms with E-state index < -0.39 is 5.97 Å². The lowest BCUT2D eigenvalue weighted by Gasteiger charge is -2.28. The van der Waals surface area contributed by atoms with E-state index in [2.05, 4.69) is 4.98 Å². The number of fused-ring (bicyclic) bond motifs is 2. The Labute approximate surface area is 159 Å². The van der Waals surface area contributed by atoms with Crippen LogP contribution in [0.15, 0.2) is 18.2 Å². The smallest absolute Gasteiger partial charge is 0.347 e. The molecule has 0 unspecified atom stereocenters. The van der Waals surface area contributed by atoms with Crippen molar-refractivity contribution in [1.29, 1.82) is 0 Å². The fraction of sp³-hybridized carbons (Fsp3) is 0.316. The average molecular weight is 385 g/mol. The van der Waals surface area contributed by atoms with E-state index in [0.717, 1.165) is 28.3 Å². The first-order chi connectivity index (χ1) is 13.0. The van der Waals surface area contributed by atoms with Gasteiger partial charge in [-0.2, -0.15) is 0 Å². The number of hydrogen-bond acceptors (Lipinski definition) is 5. The highest BCUT2D eigenvalue weighted by Crippen LogP contribution is 2.38. The largest absolute Gasteiger partial charge is 0.482 e. The van der Waals surface area contributed by atoms with Gasteiger partial charge in [0.05, 0.1) is 11.4 Å². The van der Waals surface area contributed by atoms with Crippen molar-refractivity contribution in [3.05, 3.63) is 34.5 Å². The summed E-state index contributed by atoms with van der Waals surface area (Å²) in [6.07, 6.45) is 0.606. The van der Waals surface area contributed by atoms with E-state index in [9.17, 15) is 14.7 Å². The highest BCUT2D eigenvalue weighted by atomic mass is 32.1. The lowest BCUT2D eigenvalue weighted by atomic mass is 10.1. The molecule has 1 aliphatic heterocycles. The molecule has 7 nitrogen and oxygen atoms in total. The molecule has 0 saturated carbocycles. The van der Waals surface area contributed by atoms with Crippen molar-refractivity contribution in [3.63, 3.8) is 0 Å². The molecule has 27 heavy (non-hydrogen) atoms. The molecule has 140 valence electrons. The number of amides is 1. The van der Waals surface area contributed by atoms with Crippen molar-refractivity contribution in [2.24, 2.45) is 0 Å². The minimum atomic E-state index is -0.925. The van der Waals surface area contributed by atoms with Crippen LogP contribution in [0.25, 0.3) is 16.2 Å². The van der Waals surface area contributed by atoms with Gasteiger partial charge < -0.3 is 14.7 Å². The van der Waals surface area contributed by atoms with Gasteiger partial charge in [0.25, 0.3) is 5.91 Å². The molecule has 1 N–H and O–H groups in total. The van der Waals surface area contributed by atoms with Crippen LogP contribution in [0.1, 0.15) is 34.9 Å². The number of nitrogens with zero attached hydrogens (tertiary/aromatic N) is 3. The van der Waals surface area contributed by atoms with Gasteiger partial charge >= 0.3 is 5.97 Å². The number of aromatic carboxylic acids is 1. The molecule has 0 bridgehead atoms.